The Kier molecular flexibility index (Phi) is 4.04. The van der Waals surface area contributed by atoms with Crippen molar-refractivity contribution in [3.63, 3.8) is 0 Å². The Bertz CT molecular complexity index is 1160. The number of anilines is 1. The van der Waals surface area contributed by atoms with Crippen LogP contribution in [0.15, 0.2) is 36.4 Å². The van der Waals surface area contributed by atoms with Crippen molar-refractivity contribution in [2.45, 2.75) is 44.4 Å². The van der Waals surface area contributed by atoms with E-state index in [2.05, 4.69) is 37.1 Å². The number of ether oxygens (including phenoxy) is 3. The fourth-order valence-electron chi connectivity index (χ4n) is 4.06. The minimum atomic E-state index is -0.516. The standard InChI is InChI=1S/C24H26N2O4.H2/c1-23(2,3)20-10-14-9-16(12-19(28-4)21(14)26-20)25-22(27)24(7-8-24)15-5-6-17-18(11-15)30-13-29-17;/h5-6,9-12,26H,7-8,13H2,1-4H3,(H,25,27);1H. The van der Waals surface area contributed by atoms with E-state index in [4.69, 9.17) is 14.2 Å². The average Bonchev–Trinajstić information content (AvgIpc) is 3.18. The van der Waals surface area contributed by atoms with Gasteiger partial charge in [0.15, 0.2) is 11.5 Å². The molecule has 5 rings (SSSR count). The number of carbonyl (C=O) groups is 1. The number of methoxy groups -OCH3 is 1. The lowest BCUT2D eigenvalue weighted by Crippen LogP contribution is -2.27. The van der Waals surface area contributed by atoms with Crippen molar-refractivity contribution in [3.05, 3.63) is 47.7 Å². The molecular weight excluding hydrogens is 380 g/mol. The van der Waals surface area contributed by atoms with Gasteiger partial charge >= 0.3 is 0 Å². The van der Waals surface area contributed by atoms with Crippen LogP contribution in [0, 0.1) is 0 Å². The maximum atomic E-state index is 13.3. The van der Waals surface area contributed by atoms with E-state index in [1.54, 1.807) is 7.11 Å². The molecule has 2 heterocycles. The zero-order valence-corrected chi connectivity index (χ0v) is 17.7. The van der Waals surface area contributed by atoms with Crippen LogP contribution in [-0.4, -0.2) is 24.8 Å². The van der Waals surface area contributed by atoms with E-state index >= 15 is 0 Å². The zero-order valence-electron chi connectivity index (χ0n) is 17.7. The van der Waals surface area contributed by atoms with Crippen LogP contribution in [0.2, 0.25) is 0 Å². The first kappa shape index (κ1) is 18.9. The molecule has 30 heavy (non-hydrogen) atoms. The van der Waals surface area contributed by atoms with E-state index in [9.17, 15) is 4.79 Å². The lowest BCUT2D eigenvalue weighted by atomic mass is 9.92. The first-order valence-electron chi connectivity index (χ1n) is 10.2. The maximum Gasteiger partial charge on any atom is 0.235 e. The summed E-state index contributed by atoms with van der Waals surface area (Å²) in [4.78, 5) is 16.7. The molecule has 1 amide bonds. The number of benzene rings is 2. The first-order valence-corrected chi connectivity index (χ1v) is 10.2. The maximum absolute atomic E-state index is 13.3. The fourth-order valence-corrected chi connectivity index (χ4v) is 4.06. The Balaban J connectivity index is 0.00000231. The SMILES string of the molecule is COc1cc(NC(=O)C2(c3ccc4c(c3)OCO4)CC2)cc2cc(C(C)(C)C)[nH]c12.[HH]. The van der Waals surface area contributed by atoms with Crippen molar-refractivity contribution in [1.29, 1.82) is 0 Å². The predicted molar refractivity (Wildman–Crippen MR) is 118 cm³/mol. The van der Waals surface area contributed by atoms with Crippen molar-refractivity contribution in [3.8, 4) is 17.2 Å². The molecule has 0 radical (unpaired) electrons. The number of amides is 1. The Morgan fingerprint density at radius 2 is 1.90 bits per heavy atom. The molecule has 3 aromatic rings. The molecule has 1 saturated carbocycles. The van der Waals surface area contributed by atoms with Crippen LogP contribution in [0.4, 0.5) is 5.69 Å². The molecular formula is C24H28N2O4. The van der Waals surface area contributed by atoms with Gasteiger partial charge < -0.3 is 24.5 Å². The van der Waals surface area contributed by atoms with Gasteiger partial charge in [0.1, 0.15) is 5.75 Å². The predicted octanol–water partition coefficient (Wildman–Crippen LogP) is 5.12. The molecule has 2 aliphatic rings. The van der Waals surface area contributed by atoms with Crippen molar-refractivity contribution < 1.29 is 20.4 Å². The van der Waals surface area contributed by atoms with Crippen LogP contribution in [-0.2, 0) is 15.6 Å². The molecule has 0 unspecified atom stereocenters. The molecule has 6 nitrogen and oxygen atoms in total. The highest BCUT2D eigenvalue weighted by Gasteiger charge is 2.51. The van der Waals surface area contributed by atoms with E-state index in [0.717, 1.165) is 46.4 Å². The molecule has 1 aliphatic carbocycles. The van der Waals surface area contributed by atoms with Crippen LogP contribution < -0.4 is 19.5 Å². The third-order valence-corrected chi connectivity index (χ3v) is 6.09. The molecule has 1 fully saturated rings. The Labute approximate surface area is 177 Å². The number of H-pyrrole nitrogens is 1. The van der Waals surface area contributed by atoms with Crippen LogP contribution >= 0.6 is 0 Å². The van der Waals surface area contributed by atoms with Crippen molar-refractivity contribution in [2.24, 2.45) is 0 Å². The van der Waals surface area contributed by atoms with Crippen LogP contribution in [0.3, 0.4) is 0 Å². The van der Waals surface area contributed by atoms with Crippen LogP contribution in [0.1, 0.15) is 46.3 Å². The van der Waals surface area contributed by atoms with Crippen LogP contribution in [0.5, 0.6) is 17.2 Å². The summed E-state index contributed by atoms with van der Waals surface area (Å²) >= 11 is 0. The highest BCUT2D eigenvalue weighted by atomic mass is 16.7. The number of carbonyl (C=O) groups excluding carboxylic acids is 1. The number of hydrogen-bond donors (Lipinski definition) is 2. The third-order valence-electron chi connectivity index (χ3n) is 6.09. The summed E-state index contributed by atoms with van der Waals surface area (Å²) in [5, 5.41) is 4.14. The van der Waals surface area contributed by atoms with E-state index in [1.807, 2.05) is 30.3 Å². The Hall–Kier alpha value is -3.15. The minimum Gasteiger partial charge on any atom is -0.494 e. The zero-order chi connectivity index (χ0) is 21.1. The largest absolute Gasteiger partial charge is 0.494 e. The van der Waals surface area contributed by atoms with Gasteiger partial charge in [0, 0.05) is 29.7 Å². The van der Waals surface area contributed by atoms with Crippen molar-refractivity contribution in [2.75, 3.05) is 19.2 Å². The smallest absolute Gasteiger partial charge is 0.235 e. The summed E-state index contributed by atoms with van der Waals surface area (Å²) in [6.07, 6.45) is 1.63. The summed E-state index contributed by atoms with van der Waals surface area (Å²) in [6.45, 7) is 6.71. The van der Waals surface area contributed by atoms with Crippen molar-refractivity contribution >= 4 is 22.5 Å². The van der Waals surface area contributed by atoms with E-state index in [-0.39, 0.29) is 19.5 Å². The second-order valence-corrected chi connectivity index (χ2v) is 9.18. The fraction of sp³-hybridized carbons (Fsp3) is 0.375. The average molecular weight is 408 g/mol. The second kappa shape index (κ2) is 6.42. The quantitative estimate of drug-likeness (QED) is 0.629. The molecule has 158 valence electrons. The van der Waals surface area contributed by atoms with Gasteiger partial charge in [0.05, 0.1) is 18.0 Å². The highest BCUT2D eigenvalue weighted by Crippen LogP contribution is 2.51. The summed E-state index contributed by atoms with van der Waals surface area (Å²) in [6, 6.07) is 11.8. The van der Waals surface area contributed by atoms with Gasteiger partial charge in [-0.3, -0.25) is 4.79 Å². The summed E-state index contributed by atoms with van der Waals surface area (Å²) in [5.74, 6) is 2.14. The number of hydrogen-bond acceptors (Lipinski definition) is 4. The molecule has 1 aliphatic heterocycles. The topological polar surface area (TPSA) is 72.6 Å². The number of fused-ring (bicyclic) bond motifs is 2. The van der Waals surface area contributed by atoms with Gasteiger partial charge in [-0.2, -0.15) is 0 Å². The molecule has 2 N–H and O–H groups in total. The molecule has 1 aromatic heterocycles. The van der Waals surface area contributed by atoms with Gasteiger partial charge in [-0.15, -0.1) is 0 Å². The number of aromatic nitrogens is 1. The first-order chi connectivity index (χ1) is 14.3. The summed E-state index contributed by atoms with van der Waals surface area (Å²) < 4.78 is 16.5. The molecule has 0 saturated heterocycles. The normalized spacial score (nSPS) is 16.5. The van der Waals surface area contributed by atoms with Gasteiger partial charge in [0.25, 0.3) is 0 Å². The molecule has 0 atom stereocenters. The molecule has 2 aromatic carbocycles. The number of rotatable bonds is 4. The lowest BCUT2D eigenvalue weighted by Gasteiger charge is -2.17. The summed E-state index contributed by atoms with van der Waals surface area (Å²) in [7, 11) is 1.65. The van der Waals surface area contributed by atoms with Crippen LogP contribution in [0.25, 0.3) is 10.9 Å². The highest BCUT2D eigenvalue weighted by molar-refractivity contribution is 6.03. The van der Waals surface area contributed by atoms with Gasteiger partial charge in [0.2, 0.25) is 12.7 Å². The minimum absolute atomic E-state index is 0. The third kappa shape index (κ3) is 2.98. The van der Waals surface area contributed by atoms with E-state index in [0.29, 0.717) is 11.5 Å². The molecule has 0 spiro atoms. The summed E-state index contributed by atoms with van der Waals surface area (Å²) in [5.41, 5.74) is 3.24. The van der Waals surface area contributed by atoms with Gasteiger partial charge in [-0.05, 0) is 42.7 Å². The number of nitrogens with one attached hydrogen (secondary N) is 2. The molecule has 0 bridgehead atoms. The number of aromatic amines is 1. The monoisotopic (exact) mass is 408 g/mol. The van der Waals surface area contributed by atoms with E-state index in [1.165, 1.54) is 0 Å². The molecule has 6 heteroatoms. The van der Waals surface area contributed by atoms with Gasteiger partial charge in [-0.1, -0.05) is 26.8 Å². The van der Waals surface area contributed by atoms with Crippen molar-refractivity contribution in [1.82, 2.24) is 4.98 Å². The van der Waals surface area contributed by atoms with Gasteiger partial charge in [-0.25, -0.2) is 0 Å². The lowest BCUT2D eigenvalue weighted by molar-refractivity contribution is -0.118. The Morgan fingerprint density at radius 1 is 1.13 bits per heavy atom. The van der Waals surface area contributed by atoms with E-state index < -0.39 is 5.41 Å². The Morgan fingerprint density at radius 3 is 2.60 bits per heavy atom. The second-order valence-electron chi connectivity index (χ2n) is 9.18.